The van der Waals surface area contributed by atoms with Crippen LogP contribution < -0.4 is 4.90 Å². The molecule has 3 aromatic heterocycles. The highest BCUT2D eigenvalue weighted by Gasteiger charge is 2.31. The molecule has 5 heterocycles. The van der Waals surface area contributed by atoms with Gasteiger partial charge in [0.15, 0.2) is 0 Å². The minimum Gasteiger partial charge on any atom is -0.381 e. The Morgan fingerprint density at radius 2 is 1.77 bits per heavy atom. The van der Waals surface area contributed by atoms with Crippen LogP contribution >= 0.6 is 27.7 Å². The third kappa shape index (κ3) is 4.45. The van der Waals surface area contributed by atoms with Crippen molar-refractivity contribution >= 4 is 55.7 Å². The maximum Gasteiger partial charge on any atom is 0.227 e. The van der Waals surface area contributed by atoms with Crippen LogP contribution in [0, 0.1) is 5.92 Å². The topological polar surface area (TPSA) is 56.1 Å². The van der Waals surface area contributed by atoms with Gasteiger partial charge in [-0.25, -0.2) is 4.98 Å². The van der Waals surface area contributed by atoms with Gasteiger partial charge in [-0.3, -0.25) is 4.98 Å². The van der Waals surface area contributed by atoms with Gasteiger partial charge in [0.05, 0.1) is 22.5 Å². The minimum atomic E-state index is 0.147. The van der Waals surface area contributed by atoms with E-state index < -0.39 is 0 Å². The zero-order valence-electron chi connectivity index (χ0n) is 20.1. The van der Waals surface area contributed by atoms with Crippen LogP contribution in [0.15, 0.2) is 53.3 Å². The molecule has 0 N–H and O–H groups in total. The predicted molar refractivity (Wildman–Crippen MR) is 147 cm³/mol. The number of hydrogen-bond acceptors (Lipinski definition) is 6. The summed E-state index contributed by atoms with van der Waals surface area (Å²) in [5, 5.41) is 2.12. The Morgan fingerprint density at radius 1 is 1.03 bits per heavy atom. The van der Waals surface area contributed by atoms with E-state index in [-0.39, 0.29) is 6.04 Å². The van der Waals surface area contributed by atoms with E-state index in [9.17, 15) is 0 Å². The second-order valence-corrected chi connectivity index (χ2v) is 12.6. The van der Waals surface area contributed by atoms with E-state index in [2.05, 4.69) is 75.6 Å². The van der Waals surface area contributed by atoms with Crippen LogP contribution in [0.4, 0.5) is 5.95 Å². The first-order valence-electron chi connectivity index (χ1n) is 12.4. The second-order valence-electron chi connectivity index (χ2n) is 9.77. The lowest BCUT2D eigenvalue weighted by molar-refractivity contribution is 0.0552. The van der Waals surface area contributed by atoms with Crippen LogP contribution in [0.1, 0.15) is 38.3 Å². The summed E-state index contributed by atoms with van der Waals surface area (Å²) in [7, 11) is 0. The highest BCUT2D eigenvalue weighted by molar-refractivity contribution is 9.10. The van der Waals surface area contributed by atoms with Crippen molar-refractivity contribution in [2.24, 2.45) is 5.92 Å². The van der Waals surface area contributed by atoms with Gasteiger partial charge in [-0.2, -0.15) is 16.7 Å². The van der Waals surface area contributed by atoms with Crippen molar-refractivity contribution in [3.05, 3.63) is 58.8 Å². The van der Waals surface area contributed by atoms with E-state index >= 15 is 0 Å². The van der Waals surface area contributed by atoms with E-state index in [1.807, 2.05) is 24.2 Å². The first-order chi connectivity index (χ1) is 17.1. The second kappa shape index (κ2) is 9.71. The van der Waals surface area contributed by atoms with Gasteiger partial charge in [-0.1, -0.05) is 44.2 Å². The number of ether oxygens (including phenoxy) is 1. The number of aromatic nitrogens is 4. The first-order valence-corrected chi connectivity index (χ1v) is 14.2. The largest absolute Gasteiger partial charge is 0.381 e. The highest BCUT2D eigenvalue weighted by Crippen LogP contribution is 2.40. The molecule has 0 spiro atoms. The minimum absolute atomic E-state index is 0.147. The summed E-state index contributed by atoms with van der Waals surface area (Å²) in [4.78, 5) is 17.3. The van der Waals surface area contributed by atoms with E-state index in [1.165, 1.54) is 5.56 Å². The molecule has 1 aromatic carbocycles. The normalized spacial score (nSPS) is 22.7. The summed E-state index contributed by atoms with van der Waals surface area (Å²) in [6.45, 7) is 8.12. The average Bonchev–Trinajstić information content (AvgIpc) is 3.17. The lowest BCUT2D eigenvalue weighted by Gasteiger charge is -2.35. The zero-order chi connectivity index (χ0) is 23.9. The number of nitrogens with zero attached hydrogens (tertiary/aromatic N) is 5. The molecule has 6 nitrogen and oxygen atoms in total. The van der Waals surface area contributed by atoms with Gasteiger partial charge in [0.25, 0.3) is 0 Å². The molecule has 0 amide bonds. The fourth-order valence-electron chi connectivity index (χ4n) is 5.74. The van der Waals surface area contributed by atoms with Crippen LogP contribution in [0.3, 0.4) is 0 Å². The van der Waals surface area contributed by atoms with Crippen LogP contribution in [0.25, 0.3) is 22.1 Å². The van der Waals surface area contributed by atoms with Gasteiger partial charge in [0.2, 0.25) is 5.95 Å². The van der Waals surface area contributed by atoms with Crippen molar-refractivity contribution in [1.29, 1.82) is 0 Å². The van der Waals surface area contributed by atoms with Crippen LogP contribution in [-0.4, -0.2) is 56.3 Å². The number of benzene rings is 1. The quantitative estimate of drug-likeness (QED) is 0.306. The van der Waals surface area contributed by atoms with Gasteiger partial charge in [-0.15, -0.1) is 0 Å². The summed E-state index contributed by atoms with van der Waals surface area (Å²) in [5.41, 5.74) is 4.32. The van der Waals surface area contributed by atoms with Gasteiger partial charge in [0, 0.05) is 53.7 Å². The molecule has 35 heavy (non-hydrogen) atoms. The van der Waals surface area contributed by atoms with Crippen molar-refractivity contribution < 1.29 is 4.74 Å². The fourth-order valence-corrected chi connectivity index (χ4v) is 7.38. The monoisotopic (exact) mass is 551 g/mol. The molecule has 2 aliphatic heterocycles. The zero-order valence-corrected chi connectivity index (χ0v) is 22.5. The number of halogens is 1. The van der Waals surface area contributed by atoms with Crippen molar-refractivity contribution in [2.75, 3.05) is 31.2 Å². The van der Waals surface area contributed by atoms with Crippen molar-refractivity contribution in [3.63, 3.8) is 0 Å². The smallest absolute Gasteiger partial charge is 0.227 e. The van der Waals surface area contributed by atoms with Gasteiger partial charge >= 0.3 is 0 Å². The SMILES string of the molecule is C[C@@H]1CN(c2ncc3c4ncc(Br)cc4n([C@H](c4ccccc4)C4CCOCC4)c3n2)C[C@@H](C)S1. The van der Waals surface area contributed by atoms with E-state index in [0.717, 1.165) is 71.6 Å². The number of hydrogen-bond donors (Lipinski definition) is 0. The Kier molecular flexibility index (Phi) is 6.45. The number of rotatable bonds is 4. The molecule has 0 unspecified atom stereocenters. The molecule has 2 aliphatic rings. The summed E-state index contributed by atoms with van der Waals surface area (Å²) >= 11 is 5.72. The van der Waals surface area contributed by atoms with Gasteiger partial charge < -0.3 is 14.2 Å². The summed E-state index contributed by atoms with van der Waals surface area (Å²) in [5.74, 6) is 1.27. The molecule has 0 aliphatic carbocycles. The lowest BCUT2D eigenvalue weighted by Crippen LogP contribution is -2.41. The molecule has 0 bridgehead atoms. The Balaban J connectivity index is 1.58. The molecule has 2 saturated heterocycles. The van der Waals surface area contributed by atoms with Crippen molar-refractivity contribution in [2.45, 2.75) is 43.2 Å². The molecule has 8 heteroatoms. The van der Waals surface area contributed by atoms with E-state index in [1.54, 1.807) is 0 Å². The van der Waals surface area contributed by atoms with Crippen LogP contribution in [0.2, 0.25) is 0 Å². The molecule has 2 fully saturated rings. The molecule has 4 aromatic rings. The first kappa shape index (κ1) is 23.3. The van der Waals surface area contributed by atoms with Crippen LogP contribution in [0.5, 0.6) is 0 Å². The third-order valence-electron chi connectivity index (χ3n) is 7.17. The maximum atomic E-state index is 5.75. The Bertz CT molecular complexity index is 1330. The molecule has 6 rings (SSSR count). The number of thioether (sulfide) groups is 1. The standard InChI is InChI=1S/C27H30BrN5OS/c1-17-15-32(16-18(2)35-17)27-30-14-22-24-23(12-21(28)13-29-24)33(26(22)31-27)25(19-6-4-3-5-7-19)20-8-10-34-11-9-20/h3-7,12-14,17-18,20,25H,8-11,15-16H2,1-2H3/t17-,18-,25-/m1/s1. The van der Waals surface area contributed by atoms with Crippen molar-refractivity contribution in [1.82, 2.24) is 19.5 Å². The van der Waals surface area contributed by atoms with Crippen molar-refractivity contribution in [3.8, 4) is 0 Å². The Morgan fingerprint density at radius 3 is 2.51 bits per heavy atom. The molecule has 0 radical (unpaired) electrons. The summed E-state index contributed by atoms with van der Waals surface area (Å²) < 4.78 is 9.16. The molecule has 182 valence electrons. The van der Waals surface area contributed by atoms with Gasteiger partial charge in [0.1, 0.15) is 5.65 Å². The summed E-state index contributed by atoms with van der Waals surface area (Å²) in [6, 6.07) is 13.2. The molecule has 0 saturated carbocycles. The third-order valence-corrected chi connectivity index (χ3v) is 8.83. The van der Waals surface area contributed by atoms with E-state index in [0.29, 0.717) is 16.4 Å². The lowest BCUT2D eigenvalue weighted by atomic mass is 9.86. The Labute approximate surface area is 218 Å². The number of anilines is 1. The van der Waals surface area contributed by atoms with Gasteiger partial charge in [-0.05, 0) is 46.3 Å². The number of fused-ring (bicyclic) bond motifs is 3. The maximum absolute atomic E-state index is 5.75. The fraction of sp³-hybridized carbons (Fsp3) is 0.444. The van der Waals surface area contributed by atoms with Crippen LogP contribution in [-0.2, 0) is 4.74 Å². The Hall–Kier alpha value is -2.16. The molecular weight excluding hydrogens is 522 g/mol. The average molecular weight is 553 g/mol. The highest BCUT2D eigenvalue weighted by atomic mass is 79.9. The predicted octanol–water partition coefficient (Wildman–Crippen LogP) is 6.09. The molecule has 3 atom stereocenters. The summed E-state index contributed by atoms with van der Waals surface area (Å²) in [6.07, 6.45) is 5.91. The van der Waals surface area contributed by atoms with E-state index in [4.69, 9.17) is 19.7 Å². The number of pyridine rings is 1. The molecular formula is C27H30BrN5OS.